The van der Waals surface area contributed by atoms with Crippen LogP contribution >= 0.6 is 0 Å². The number of hydrogen-bond donors (Lipinski definition) is 4. The van der Waals surface area contributed by atoms with Crippen LogP contribution in [-0.2, 0) is 0 Å². The van der Waals surface area contributed by atoms with Crippen molar-refractivity contribution in [2.75, 3.05) is 6.54 Å². The molecule has 5 N–H and O–H groups in total. The lowest BCUT2D eigenvalue weighted by Gasteiger charge is -2.17. The van der Waals surface area contributed by atoms with Crippen LogP contribution in [0.3, 0.4) is 0 Å². The molecule has 0 aliphatic rings. The highest BCUT2D eigenvalue weighted by Gasteiger charge is 2.13. The van der Waals surface area contributed by atoms with E-state index < -0.39 is 0 Å². The fourth-order valence-corrected chi connectivity index (χ4v) is 1.62. The Bertz CT molecular complexity index is 290. The normalized spacial score (nSPS) is 14.8. The van der Waals surface area contributed by atoms with Gasteiger partial charge in [0.2, 0.25) is 0 Å². The zero-order valence-electron chi connectivity index (χ0n) is 12.3. The molecular weight excluding hydrogens is 244 g/mol. The van der Waals surface area contributed by atoms with Crippen molar-refractivity contribution in [3.63, 3.8) is 0 Å². The summed E-state index contributed by atoms with van der Waals surface area (Å²) < 4.78 is 0. The highest BCUT2D eigenvalue weighted by Crippen LogP contribution is 2.11. The zero-order valence-corrected chi connectivity index (χ0v) is 12.3. The van der Waals surface area contributed by atoms with Crippen molar-refractivity contribution in [1.82, 2.24) is 5.48 Å². The summed E-state index contributed by atoms with van der Waals surface area (Å²) in [5.74, 6) is 1.62. The molecule has 0 aromatic heterocycles. The number of hydrogen-bond acceptors (Lipinski definition) is 4. The summed E-state index contributed by atoms with van der Waals surface area (Å²) in [4.78, 5) is 4.38. The van der Waals surface area contributed by atoms with Crippen molar-refractivity contribution in [2.45, 2.75) is 52.9 Å². The number of rotatable bonds is 9. The molecule has 0 heterocycles. The number of hydroxylamine groups is 1. The Morgan fingerprint density at radius 1 is 1.16 bits per heavy atom. The monoisotopic (exact) mass is 272 g/mol. The summed E-state index contributed by atoms with van der Waals surface area (Å²) in [5.41, 5.74) is 7.57. The minimum absolute atomic E-state index is 0.227. The van der Waals surface area contributed by atoms with Crippen LogP contribution in [0.2, 0.25) is 0 Å². The first-order chi connectivity index (χ1) is 9.02. The van der Waals surface area contributed by atoms with Gasteiger partial charge in [0, 0.05) is 18.9 Å². The van der Waals surface area contributed by atoms with Crippen molar-refractivity contribution < 1.29 is 10.4 Å². The molecule has 1 atom stereocenters. The lowest BCUT2D eigenvalue weighted by Crippen LogP contribution is -2.29. The van der Waals surface area contributed by atoms with E-state index in [2.05, 4.69) is 29.5 Å². The minimum atomic E-state index is 0.227. The lowest BCUT2D eigenvalue weighted by atomic mass is 9.97. The zero-order chi connectivity index (χ0) is 14.7. The maximum atomic E-state index is 9.04. The van der Waals surface area contributed by atoms with Gasteiger partial charge in [-0.3, -0.25) is 15.7 Å². The van der Waals surface area contributed by atoms with Crippen molar-refractivity contribution in [3.05, 3.63) is 0 Å². The van der Waals surface area contributed by atoms with Crippen molar-refractivity contribution in [2.24, 2.45) is 27.7 Å². The second-order valence-corrected chi connectivity index (χ2v) is 5.17. The van der Waals surface area contributed by atoms with E-state index in [0.29, 0.717) is 24.7 Å². The summed E-state index contributed by atoms with van der Waals surface area (Å²) in [6.45, 7) is 6.96. The second kappa shape index (κ2) is 10.6. The number of nitrogens with two attached hydrogens (primary N) is 1. The molecule has 1 unspecified atom stereocenters. The van der Waals surface area contributed by atoms with Gasteiger partial charge in [-0.05, 0) is 18.8 Å². The van der Waals surface area contributed by atoms with Crippen molar-refractivity contribution >= 4 is 11.7 Å². The van der Waals surface area contributed by atoms with Gasteiger partial charge in [0.1, 0.15) is 11.7 Å². The fraction of sp³-hybridized carbons (Fsp3) is 0.846. The summed E-state index contributed by atoms with van der Waals surface area (Å²) in [5, 5.41) is 20.3. The molecule has 0 bridgehead atoms. The SMILES string of the molecule is CC(C)C(C)C(=NCCCCCC/C(N)=N\O)NO. The third kappa shape index (κ3) is 8.42. The first-order valence-electron chi connectivity index (χ1n) is 6.93. The minimum Gasteiger partial charge on any atom is -0.409 e. The largest absolute Gasteiger partial charge is 0.409 e. The van der Waals surface area contributed by atoms with Crippen LogP contribution in [0.1, 0.15) is 52.9 Å². The molecule has 6 nitrogen and oxygen atoms in total. The number of aliphatic imine (C=N–C) groups is 1. The predicted octanol–water partition coefficient (Wildman–Crippen LogP) is 2.35. The first kappa shape index (κ1) is 17.7. The van der Waals surface area contributed by atoms with Crippen LogP contribution in [0, 0.1) is 11.8 Å². The summed E-state index contributed by atoms with van der Waals surface area (Å²) in [6, 6.07) is 0. The Morgan fingerprint density at radius 2 is 1.79 bits per heavy atom. The summed E-state index contributed by atoms with van der Waals surface area (Å²) in [7, 11) is 0. The van der Waals surface area contributed by atoms with Gasteiger partial charge in [-0.2, -0.15) is 0 Å². The Hall–Kier alpha value is -1.30. The van der Waals surface area contributed by atoms with Crippen LogP contribution in [0.4, 0.5) is 0 Å². The number of unbranched alkanes of at least 4 members (excludes halogenated alkanes) is 3. The van der Waals surface area contributed by atoms with E-state index in [-0.39, 0.29) is 11.8 Å². The van der Waals surface area contributed by atoms with E-state index in [1.54, 1.807) is 0 Å². The Morgan fingerprint density at radius 3 is 2.32 bits per heavy atom. The number of oxime groups is 1. The molecule has 6 heteroatoms. The predicted molar refractivity (Wildman–Crippen MR) is 77.7 cm³/mol. The first-order valence-corrected chi connectivity index (χ1v) is 6.93. The van der Waals surface area contributed by atoms with Gasteiger partial charge in [0.05, 0.1) is 0 Å². The average Bonchev–Trinajstić information content (AvgIpc) is 2.40. The Kier molecular flexibility index (Phi) is 9.88. The average molecular weight is 272 g/mol. The quantitative estimate of drug-likeness (QED) is 0.170. The van der Waals surface area contributed by atoms with Gasteiger partial charge >= 0.3 is 0 Å². The molecule has 0 aliphatic carbocycles. The van der Waals surface area contributed by atoms with Crippen molar-refractivity contribution in [3.8, 4) is 0 Å². The van der Waals surface area contributed by atoms with E-state index in [1.165, 1.54) is 0 Å². The van der Waals surface area contributed by atoms with E-state index in [9.17, 15) is 0 Å². The molecular formula is C13H28N4O2. The smallest absolute Gasteiger partial charge is 0.139 e. The highest BCUT2D eigenvalue weighted by molar-refractivity contribution is 5.83. The van der Waals surface area contributed by atoms with Gasteiger partial charge in [0.15, 0.2) is 0 Å². The van der Waals surface area contributed by atoms with E-state index in [1.807, 2.05) is 6.92 Å². The summed E-state index contributed by atoms with van der Waals surface area (Å²) in [6.07, 6.45) is 4.62. The van der Waals surface area contributed by atoms with Gasteiger partial charge in [-0.25, -0.2) is 0 Å². The molecule has 0 fully saturated rings. The third-order valence-electron chi connectivity index (χ3n) is 3.30. The topological polar surface area (TPSA) is 103 Å². The lowest BCUT2D eigenvalue weighted by molar-refractivity contribution is 0.223. The summed E-state index contributed by atoms with van der Waals surface area (Å²) >= 11 is 0. The molecule has 0 spiro atoms. The number of amidine groups is 2. The molecule has 0 aromatic rings. The molecule has 0 aromatic carbocycles. The van der Waals surface area contributed by atoms with Gasteiger partial charge in [-0.1, -0.05) is 38.8 Å². The second-order valence-electron chi connectivity index (χ2n) is 5.17. The highest BCUT2D eigenvalue weighted by atomic mass is 16.5. The van der Waals surface area contributed by atoms with Crippen LogP contribution in [0.15, 0.2) is 10.1 Å². The molecule has 0 rings (SSSR count). The van der Waals surface area contributed by atoms with E-state index in [0.717, 1.165) is 25.7 Å². The number of nitrogens with zero attached hydrogens (tertiary/aromatic N) is 2. The van der Waals surface area contributed by atoms with Crippen LogP contribution < -0.4 is 11.2 Å². The molecule has 0 aliphatic heterocycles. The molecule has 0 amide bonds. The van der Waals surface area contributed by atoms with Gasteiger partial charge in [0.25, 0.3) is 0 Å². The van der Waals surface area contributed by atoms with Gasteiger partial charge in [-0.15, -0.1) is 0 Å². The number of nitrogens with one attached hydrogen (secondary N) is 1. The van der Waals surface area contributed by atoms with Gasteiger partial charge < -0.3 is 10.9 Å². The molecule has 112 valence electrons. The Balaban J connectivity index is 3.76. The maximum absolute atomic E-state index is 9.04. The van der Waals surface area contributed by atoms with Crippen molar-refractivity contribution in [1.29, 1.82) is 0 Å². The molecule has 0 saturated carbocycles. The molecule has 0 saturated heterocycles. The Labute approximate surface area is 115 Å². The van der Waals surface area contributed by atoms with E-state index in [4.69, 9.17) is 16.1 Å². The maximum Gasteiger partial charge on any atom is 0.139 e. The van der Waals surface area contributed by atoms with Crippen LogP contribution in [0.5, 0.6) is 0 Å². The standard InChI is InChI=1S/C13H28N4O2/c1-10(2)11(3)13(17-19)15-9-7-5-4-6-8-12(14)16-18/h10-11,18-19H,4-9H2,1-3H3,(H2,14,16)(H,15,17). The molecule has 0 radical (unpaired) electrons. The molecule has 19 heavy (non-hydrogen) atoms. The van der Waals surface area contributed by atoms with E-state index >= 15 is 0 Å². The fourth-order valence-electron chi connectivity index (χ4n) is 1.62. The third-order valence-corrected chi connectivity index (χ3v) is 3.30. The van der Waals surface area contributed by atoms with Crippen LogP contribution in [0.25, 0.3) is 0 Å². The van der Waals surface area contributed by atoms with Crippen LogP contribution in [-0.4, -0.2) is 28.6 Å².